The zero-order valence-electron chi connectivity index (χ0n) is 13.0. The van der Waals surface area contributed by atoms with Gasteiger partial charge in [-0.2, -0.15) is 0 Å². The van der Waals surface area contributed by atoms with E-state index < -0.39 is 0 Å². The molecule has 23 heavy (non-hydrogen) atoms. The Bertz CT molecular complexity index is 581. The molecule has 2 fully saturated rings. The summed E-state index contributed by atoms with van der Waals surface area (Å²) in [6.45, 7) is 1.86. The van der Waals surface area contributed by atoms with E-state index in [9.17, 15) is 9.59 Å². The lowest BCUT2D eigenvalue weighted by Gasteiger charge is -2.19. The van der Waals surface area contributed by atoms with Crippen molar-refractivity contribution in [1.82, 2.24) is 5.32 Å². The molecule has 3 amide bonds. The molecular formula is C16H23ClN4O2. The van der Waals surface area contributed by atoms with Gasteiger partial charge in [0.1, 0.15) is 0 Å². The van der Waals surface area contributed by atoms with Crippen molar-refractivity contribution in [2.24, 2.45) is 17.6 Å². The number of urea groups is 1. The molecule has 0 spiro atoms. The van der Waals surface area contributed by atoms with Gasteiger partial charge in [-0.25, -0.2) is 4.79 Å². The van der Waals surface area contributed by atoms with E-state index in [-0.39, 0.29) is 36.2 Å². The van der Waals surface area contributed by atoms with Gasteiger partial charge >= 0.3 is 6.03 Å². The average molecular weight is 339 g/mol. The molecule has 2 aliphatic rings. The van der Waals surface area contributed by atoms with Crippen molar-refractivity contribution < 1.29 is 9.59 Å². The number of nitrogens with zero attached hydrogens (tertiary/aromatic N) is 1. The van der Waals surface area contributed by atoms with Crippen LogP contribution in [0.15, 0.2) is 24.3 Å². The maximum absolute atomic E-state index is 12.4. The fourth-order valence-electron chi connectivity index (χ4n) is 3.37. The van der Waals surface area contributed by atoms with Gasteiger partial charge in [0.2, 0.25) is 5.91 Å². The van der Waals surface area contributed by atoms with Crippen LogP contribution in [0, 0.1) is 11.8 Å². The molecular weight excluding hydrogens is 316 g/mol. The Morgan fingerprint density at radius 3 is 2.91 bits per heavy atom. The number of amides is 3. The molecule has 1 saturated heterocycles. The molecule has 7 heteroatoms. The number of hydrogen-bond acceptors (Lipinski definition) is 3. The second-order valence-corrected chi connectivity index (χ2v) is 5.96. The molecule has 1 aliphatic heterocycles. The first-order valence-electron chi connectivity index (χ1n) is 7.85. The molecule has 0 radical (unpaired) electrons. The van der Waals surface area contributed by atoms with E-state index in [1.54, 1.807) is 4.90 Å². The molecule has 0 unspecified atom stereocenters. The van der Waals surface area contributed by atoms with Crippen molar-refractivity contribution in [2.75, 3.05) is 29.9 Å². The number of benzene rings is 1. The van der Waals surface area contributed by atoms with Gasteiger partial charge in [0.05, 0.1) is 0 Å². The summed E-state index contributed by atoms with van der Waals surface area (Å²) >= 11 is 0. The third kappa shape index (κ3) is 3.76. The summed E-state index contributed by atoms with van der Waals surface area (Å²) in [7, 11) is 0. The summed E-state index contributed by atoms with van der Waals surface area (Å²) in [4.78, 5) is 25.8. The van der Waals surface area contributed by atoms with Crippen LogP contribution in [-0.2, 0) is 4.79 Å². The van der Waals surface area contributed by atoms with Gasteiger partial charge in [-0.15, -0.1) is 12.4 Å². The molecule has 1 saturated carbocycles. The number of carbonyl (C=O) groups excluding carboxylic acids is 2. The molecule has 1 aromatic rings. The van der Waals surface area contributed by atoms with Crippen LogP contribution >= 0.6 is 12.4 Å². The maximum Gasteiger partial charge on any atom is 0.321 e. The standard InChI is InChI=1S/C16H22N4O2.ClH/c17-10-11-3-1-6-14(11)15(21)19-12-4-2-5-13(9-12)20-8-7-18-16(20)22;/h2,4-5,9,11,14H,1,3,6-8,10,17H2,(H,18,22)(H,19,21);1H/t11-,14-;/m1./s1. The van der Waals surface area contributed by atoms with Crippen LogP contribution in [-0.4, -0.2) is 31.6 Å². The summed E-state index contributed by atoms with van der Waals surface area (Å²) in [6, 6.07) is 7.32. The molecule has 4 N–H and O–H groups in total. The predicted molar refractivity (Wildman–Crippen MR) is 92.9 cm³/mol. The molecule has 2 atom stereocenters. The van der Waals surface area contributed by atoms with Crippen LogP contribution in [0.5, 0.6) is 0 Å². The van der Waals surface area contributed by atoms with Crippen molar-refractivity contribution in [2.45, 2.75) is 19.3 Å². The first kappa shape index (κ1) is 17.6. The quantitative estimate of drug-likeness (QED) is 0.784. The molecule has 1 heterocycles. The third-order valence-corrected chi connectivity index (χ3v) is 4.58. The van der Waals surface area contributed by atoms with Crippen molar-refractivity contribution in [3.05, 3.63) is 24.3 Å². The van der Waals surface area contributed by atoms with E-state index in [2.05, 4.69) is 10.6 Å². The highest BCUT2D eigenvalue weighted by atomic mass is 35.5. The van der Waals surface area contributed by atoms with Gasteiger partial charge in [-0.05, 0) is 43.5 Å². The lowest BCUT2D eigenvalue weighted by Crippen LogP contribution is -2.30. The van der Waals surface area contributed by atoms with Crippen LogP contribution in [0.3, 0.4) is 0 Å². The van der Waals surface area contributed by atoms with E-state index in [0.717, 1.165) is 30.6 Å². The van der Waals surface area contributed by atoms with Crippen molar-refractivity contribution in [1.29, 1.82) is 0 Å². The average Bonchev–Trinajstić information content (AvgIpc) is 3.15. The van der Waals surface area contributed by atoms with Crippen LogP contribution in [0.1, 0.15) is 19.3 Å². The topological polar surface area (TPSA) is 87.5 Å². The third-order valence-electron chi connectivity index (χ3n) is 4.58. The highest BCUT2D eigenvalue weighted by molar-refractivity contribution is 5.96. The van der Waals surface area contributed by atoms with Crippen LogP contribution in [0.25, 0.3) is 0 Å². The Balaban J connectivity index is 0.00000192. The largest absolute Gasteiger partial charge is 0.336 e. The van der Waals surface area contributed by atoms with Gasteiger partial charge in [0.25, 0.3) is 0 Å². The zero-order chi connectivity index (χ0) is 15.5. The SMILES string of the molecule is Cl.NC[C@H]1CCC[C@H]1C(=O)Nc1cccc(N2CCNC2=O)c1. The summed E-state index contributed by atoms with van der Waals surface area (Å²) in [5, 5.41) is 5.75. The number of carbonyl (C=O) groups is 2. The van der Waals surface area contributed by atoms with Crippen LogP contribution in [0.4, 0.5) is 16.2 Å². The fraction of sp³-hybridized carbons (Fsp3) is 0.500. The van der Waals surface area contributed by atoms with Gasteiger partial charge in [-0.1, -0.05) is 12.5 Å². The Morgan fingerprint density at radius 1 is 1.39 bits per heavy atom. The van der Waals surface area contributed by atoms with E-state index >= 15 is 0 Å². The van der Waals surface area contributed by atoms with E-state index in [4.69, 9.17) is 5.73 Å². The second-order valence-electron chi connectivity index (χ2n) is 5.96. The molecule has 1 aliphatic carbocycles. The predicted octanol–water partition coefficient (Wildman–Crippen LogP) is 1.95. The maximum atomic E-state index is 12.4. The summed E-state index contributed by atoms with van der Waals surface area (Å²) in [5.41, 5.74) is 7.27. The van der Waals surface area contributed by atoms with Gasteiger partial charge < -0.3 is 16.4 Å². The molecule has 0 aromatic heterocycles. The molecule has 0 bridgehead atoms. The second kappa shape index (κ2) is 7.66. The molecule has 1 aromatic carbocycles. The highest BCUT2D eigenvalue weighted by Gasteiger charge is 2.32. The van der Waals surface area contributed by atoms with Crippen molar-refractivity contribution in [3.8, 4) is 0 Å². The monoisotopic (exact) mass is 338 g/mol. The van der Waals surface area contributed by atoms with E-state index in [1.807, 2.05) is 24.3 Å². The highest BCUT2D eigenvalue weighted by Crippen LogP contribution is 2.32. The lowest BCUT2D eigenvalue weighted by molar-refractivity contribution is -0.120. The lowest BCUT2D eigenvalue weighted by atomic mass is 9.95. The Hall–Kier alpha value is -1.79. The fourth-order valence-corrected chi connectivity index (χ4v) is 3.37. The van der Waals surface area contributed by atoms with E-state index in [0.29, 0.717) is 19.6 Å². The molecule has 3 rings (SSSR count). The first-order chi connectivity index (χ1) is 10.7. The number of rotatable bonds is 4. The van der Waals surface area contributed by atoms with Crippen molar-refractivity contribution in [3.63, 3.8) is 0 Å². The molecule has 6 nitrogen and oxygen atoms in total. The number of anilines is 2. The Morgan fingerprint density at radius 2 is 2.22 bits per heavy atom. The van der Waals surface area contributed by atoms with Crippen LogP contribution in [0.2, 0.25) is 0 Å². The minimum Gasteiger partial charge on any atom is -0.336 e. The zero-order valence-corrected chi connectivity index (χ0v) is 13.8. The van der Waals surface area contributed by atoms with Crippen molar-refractivity contribution >= 4 is 35.7 Å². The molecule has 126 valence electrons. The first-order valence-corrected chi connectivity index (χ1v) is 7.85. The number of nitrogens with two attached hydrogens (primary N) is 1. The summed E-state index contributed by atoms with van der Waals surface area (Å²) in [6.07, 6.45) is 3.00. The minimum atomic E-state index is -0.0949. The Kier molecular flexibility index (Phi) is 5.85. The van der Waals surface area contributed by atoms with Gasteiger partial charge in [0, 0.05) is 30.4 Å². The normalized spacial score (nSPS) is 23.3. The summed E-state index contributed by atoms with van der Waals surface area (Å²) in [5.74, 6) is 0.326. The number of hydrogen-bond donors (Lipinski definition) is 3. The van der Waals surface area contributed by atoms with Crippen LogP contribution < -0.4 is 21.3 Å². The summed E-state index contributed by atoms with van der Waals surface area (Å²) < 4.78 is 0. The Labute approximate surface area is 142 Å². The van der Waals surface area contributed by atoms with Gasteiger partial charge in [0.15, 0.2) is 0 Å². The smallest absolute Gasteiger partial charge is 0.321 e. The van der Waals surface area contributed by atoms with Gasteiger partial charge in [-0.3, -0.25) is 9.69 Å². The number of nitrogens with one attached hydrogen (secondary N) is 2. The minimum absolute atomic E-state index is 0. The number of halogens is 1. The van der Waals surface area contributed by atoms with E-state index in [1.165, 1.54) is 0 Å².